The van der Waals surface area contributed by atoms with E-state index in [1.54, 1.807) is 0 Å². The molecule has 0 saturated heterocycles. The quantitative estimate of drug-likeness (QED) is 0.0501. The summed E-state index contributed by atoms with van der Waals surface area (Å²) in [5, 5.41) is 11.8. The molecule has 2 atom stereocenters. The normalized spacial score (nSPS) is 12.5. The van der Waals surface area contributed by atoms with Crippen molar-refractivity contribution >= 4 is 46.7 Å². The number of amides is 4. The summed E-state index contributed by atoms with van der Waals surface area (Å²) in [5.41, 5.74) is 7.58. The number of rotatable bonds is 24. The van der Waals surface area contributed by atoms with Crippen LogP contribution < -0.4 is 21.3 Å². The van der Waals surface area contributed by atoms with E-state index in [9.17, 15) is 19.2 Å². The summed E-state index contributed by atoms with van der Waals surface area (Å²) in [7, 11) is 0. The van der Waals surface area contributed by atoms with Crippen molar-refractivity contribution in [2.24, 2.45) is 0 Å². The molecule has 4 rings (SSSR count). The maximum Gasteiger partial charge on any atom is 0.408 e. The SMILES string of the molecule is C=C(C)c1ccc(C(C)(C)NC(=O)OC(CCOC(=O)NC(C)(C)c2cccc(C(=C)C)c2)COCC(CCOC(=O)NC(C)(C)c2cccc(C(=C)C)c2)OC(=O)NC(C)(C)c2ccc(C(=C)C)cc2)cc1. The van der Waals surface area contributed by atoms with Crippen molar-refractivity contribution in [2.75, 3.05) is 26.4 Å². The molecule has 0 aromatic heterocycles. The van der Waals surface area contributed by atoms with Gasteiger partial charge in [0.15, 0.2) is 0 Å². The minimum absolute atomic E-state index is 0.0544. The van der Waals surface area contributed by atoms with Crippen LogP contribution in [0.4, 0.5) is 19.2 Å². The van der Waals surface area contributed by atoms with E-state index in [2.05, 4.69) is 47.6 Å². The Hall–Kier alpha value is -7.12. The third-order valence-corrected chi connectivity index (χ3v) is 12.5. The molecule has 4 N–H and O–H groups in total. The molecule has 4 aromatic carbocycles. The van der Waals surface area contributed by atoms with Gasteiger partial charge < -0.3 is 45.0 Å². The van der Waals surface area contributed by atoms with Gasteiger partial charge in [0.1, 0.15) is 12.2 Å². The summed E-state index contributed by atoms with van der Waals surface area (Å²) < 4.78 is 29.4. The molecular weight excluding hydrogens is 921 g/mol. The fourth-order valence-corrected chi connectivity index (χ4v) is 7.68. The van der Waals surface area contributed by atoms with Crippen molar-refractivity contribution < 1.29 is 42.9 Å². The summed E-state index contributed by atoms with van der Waals surface area (Å²) in [6.07, 6.45) is -4.56. The molecule has 0 saturated carbocycles. The van der Waals surface area contributed by atoms with Crippen LogP contribution in [-0.2, 0) is 45.8 Å². The predicted molar refractivity (Wildman–Crippen MR) is 293 cm³/mol. The summed E-state index contributed by atoms with van der Waals surface area (Å²) in [6, 6.07) is 30.9. The fourth-order valence-electron chi connectivity index (χ4n) is 7.68. The third-order valence-electron chi connectivity index (χ3n) is 12.5. The van der Waals surface area contributed by atoms with Gasteiger partial charge in [-0.1, -0.05) is 134 Å². The summed E-state index contributed by atoms with van der Waals surface area (Å²) >= 11 is 0. The fraction of sp³-hybridized carbons (Fsp3) is 0.400. The molecule has 0 aliphatic heterocycles. The molecule has 4 amide bonds. The van der Waals surface area contributed by atoms with Crippen LogP contribution in [0.2, 0.25) is 0 Å². The number of alkyl carbamates (subject to hydrolysis) is 4. The lowest BCUT2D eigenvalue weighted by atomic mass is 9.92. The number of carbonyl (C=O) groups is 4. The van der Waals surface area contributed by atoms with Gasteiger partial charge in [0.2, 0.25) is 0 Å². The lowest BCUT2D eigenvalue weighted by molar-refractivity contribution is -0.0328. The first-order chi connectivity index (χ1) is 34.1. The maximum absolute atomic E-state index is 13.7. The van der Waals surface area contributed by atoms with Gasteiger partial charge in [-0.05, 0) is 140 Å². The second-order valence-electron chi connectivity index (χ2n) is 20.9. The van der Waals surface area contributed by atoms with Gasteiger partial charge in [0, 0.05) is 12.8 Å². The number of allylic oxidation sites excluding steroid dienone is 4. The lowest BCUT2D eigenvalue weighted by Gasteiger charge is -2.29. The number of carbonyl (C=O) groups excluding carboxylic acids is 4. The zero-order valence-corrected chi connectivity index (χ0v) is 45.1. The van der Waals surface area contributed by atoms with Crippen LogP contribution in [0.3, 0.4) is 0 Å². The third kappa shape index (κ3) is 18.2. The van der Waals surface area contributed by atoms with Crippen LogP contribution in [-0.4, -0.2) is 63.0 Å². The average Bonchev–Trinajstić information content (AvgIpc) is 3.30. The van der Waals surface area contributed by atoms with Crippen LogP contribution in [0.5, 0.6) is 0 Å². The second-order valence-corrected chi connectivity index (χ2v) is 20.9. The van der Waals surface area contributed by atoms with Crippen LogP contribution in [0.25, 0.3) is 22.3 Å². The lowest BCUT2D eigenvalue weighted by Crippen LogP contribution is -2.44. The van der Waals surface area contributed by atoms with E-state index in [0.29, 0.717) is 0 Å². The Morgan fingerprint density at radius 2 is 0.726 bits per heavy atom. The van der Waals surface area contributed by atoms with Crippen molar-refractivity contribution in [1.29, 1.82) is 0 Å². The molecule has 0 heterocycles. The summed E-state index contributed by atoms with van der Waals surface area (Å²) in [5.74, 6) is 0. The van der Waals surface area contributed by atoms with Crippen LogP contribution in [0.15, 0.2) is 123 Å². The minimum Gasteiger partial charge on any atom is -0.449 e. The molecule has 392 valence electrons. The Morgan fingerprint density at radius 3 is 1.04 bits per heavy atom. The van der Waals surface area contributed by atoms with Crippen LogP contribution in [0, 0.1) is 0 Å². The van der Waals surface area contributed by atoms with Crippen LogP contribution >= 0.6 is 0 Å². The molecule has 0 aliphatic carbocycles. The molecule has 4 aromatic rings. The number of ether oxygens (including phenoxy) is 5. The van der Waals surface area contributed by atoms with Gasteiger partial charge in [-0.25, -0.2) is 19.2 Å². The smallest absolute Gasteiger partial charge is 0.408 e. The largest absolute Gasteiger partial charge is 0.449 e. The van der Waals surface area contributed by atoms with E-state index in [4.69, 9.17) is 23.7 Å². The predicted octanol–water partition coefficient (Wildman–Crippen LogP) is 13.3. The highest BCUT2D eigenvalue weighted by Gasteiger charge is 2.30. The Morgan fingerprint density at radius 1 is 0.425 bits per heavy atom. The molecule has 13 heteroatoms. The summed E-state index contributed by atoms with van der Waals surface area (Å²) in [4.78, 5) is 53.8. The molecular formula is C60H78N4O9. The van der Waals surface area contributed by atoms with E-state index >= 15 is 0 Å². The van der Waals surface area contributed by atoms with Crippen molar-refractivity contribution in [1.82, 2.24) is 21.3 Å². The molecule has 13 nitrogen and oxygen atoms in total. The highest BCUT2D eigenvalue weighted by Crippen LogP contribution is 2.27. The Balaban J connectivity index is 1.50. The number of nitrogens with one attached hydrogen (secondary N) is 4. The van der Waals surface area contributed by atoms with Gasteiger partial charge in [-0.3, -0.25) is 0 Å². The number of benzene rings is 4. The zero-order valence-electron chi connectivity index (χ0n) is 45.1. The first-order valence-corrected chi connectivity index (χ1v) is 24.6. The Bertz CT molecular complexity index is 2430. The number of hydrogen-bond donors (Lipinski definition) is 4. The standard InChI is InChI=1S/C60H78N4O9/c1-39(2)43-23-27-47(28-24-43)57(9,10)63-55(67)72-51(31-33-70-53(65)61-59(13,14)49-21-17-19-45(35-49)41(5)6)37-69-38-52(73-56(68)64-58(11,12)48-29-25-44(26-30-48)40(3)4)32-34-71-54(66)62-60(15,16)50-22-18-20-46(36-50)42(7)8/h17-30,35-36,51-52H,1,3,5,7,31-34,37-38H2,2,4,6,8-16H3,(H,61,65)(H,62,66)(H,63,67)(H,64,68). The molecule has 0 fully saturated rings. The van der Waals surface area contributed by atoms with Gasteiger partial charge in [-0.15, -0.1) is 0 Å². The van der Waals surface area contributed by atoms with Gasteiger partial charge in [0.05, 0.1) is 48.6 Å². The van der Waals surface area contributed by atoms with Crippen LogP contribution in [0.1, 0.15) is 140 Å². The van der Waals surface area contributed by atoms with Gasteiger partial charge >= 0.3 is 24.4 Å². The van der Waals surface area contributed by atoms with E-state index in [-0.39, 0.29) is 39.3 Å². The first kappa shape index (κ1) is 58.5. The molecule has 0 spiro atoms. The van der Waals surface area contributed by atoms with E-state index < -0.39 is 58.7 Å². The first-order valence-electron chi connectivity index (χ1n) is 24.6. The van der Waals surface area contributed by atoms with Crippen molar-refractivity contribution in [3.05, 3.63) is 168 Å². The highest BCUT2D eigenvalue weighted by atomic mass is 16.6. The Labute approximate surface area is 433 Å². The Kier molecular flexibility index (Phi) is 20.4. The van der Waals surface area contributed by atoms with Crippen molar-refractivity contribution in [3.8, 4) is 0 Å². The zero-order chi connectivity index (χ0) is 54.3. The van der Waals surface area contributed by atoms with Gasteiger partial charge in [-0.2, -0.15) is 0 Å². The maximum atomic E-state index is 13.7. The van der Waals surface area contributed by atoms with Crippen molar-refractivity contribution in [3.63, 3.8) is 0 Å². The number of hydrogen-bond acceptors (Lipinski definition) is 9. The van der Waals surface area contributed by atoms with Gasteiger partial charge in [0.25, 0.3) is 0 Å². The molecule has 0 aliphatic rings. The topological polar surface area (TPSA) is 163 Å². The molecule has 0 radical (unpaired) electrons. The van der Waals surface area contributed by atoms with Crippen molar-refractivity contribution in [2.45, 2.75) is 130 Å². The highest BCUT2D eigenvalue weighted by molar-refractivity contribution is 5.72. The van der Waals surface area contributed by atoms with E-state index in [0.717, 1.165) is 66.8 Å². The molecule has 73 heavy (non-hydrogen) atoms. The minimum atomic E-state index is -0.933. The summed E-state index contributed by atoms with van der Waals surface area (Å²) in [6.45, 7) is 38.0. The average molecular weight is 999 g/mol. The second kappa shape index (κ2) is 25.5. The molecule has 0 bridgehead atoms. The monoisotopic (exact) mass is 999 g/mol. The van der Waals surface area contributed by atoms with E-state index in [1.165, 1.54) is 0 Å². The van der Waals surface area contributed by atoms with E-state index in [1.807, 2.05) is 180 Å². The molecule has 2 unspecified atom stereocenters.